The summed E-state index contributed by atoms with van der Waals surface area (Å²) in [6.45, 7) is 4.32. The van der Waals surface area contributed by atoms with Crippen molar-refractivity contribution in [3.63, 3.8) is 0 Å². The van der Waals surface area contributed by atoms with Gasteiger partial charge in [-0.1, -0.05) is 20.3 Å². The van der Waals surface area contributed by atoms with E-state index in [9.17, 15) is 4.79 Å². The number of hydrogen-bond acceptors (Lipinski definition) is 2. The average Bonchev–Trinajstić information content (AvgIpc) is 2.28. The first-order chi connectivity index (χ1) is 7.57. The molecular formula is C13H20N2O. The molecule has 0 saturated heterocycles. The molecule has 0 saturated carbocycles. The molecule has 0 aromatic carbocycles. The summed E-state index contributed by atoms with van der Waals surface area (Å²) in [5.74, 6) is 0.443. The third-order valence-corrected chi connectivity index (χ3v) is 2.74. The second-order valence-electron chi connectivity index (χ2n) is 4.35. The van der Waals surface area contributed by atoms with Gasteiger partial charge in [0.25, 0.3) is 5.91 Å². The van der Waals surface area contributed by atoms with Crippen LogP contribution < -0.4 is 0 Å². The van der Waals surface area contributed by atoms with E-state index in [1.807, 2.05) is 6.07 Å². The van der Waals surface area contributed by atoms with E-state index in [4.69, 9.17) is 0 Å². The van der Waals surface area contributed by atoms with Crippen LogP contribution in [-0.4, -0.2) is 29.9 Å². The van der Waals surface area contributed by atoms with Crippen LogP contribution in [0.1, 0.15) is 48.5 Å². The maximum atomic E-state index is 12.0. The lowest BCUT2D eigenvalue weighted by Crippen LogP contribution is -2.23. The lowest BCUT2D eigenvalue weighted by molar-refractivity contribution is 0.0825. The average molecular weight is 220 g/mol. The van der Waals surface area contributed by atoms with Crippen molar-refractivity contribution in [1.29, 1.82) is 0 Å². The fourth-order valence-corrected chi connectivity index (χ4v) is 1.84. The summed E-state index contributed by atoms with van der Waals surface area (Å²) < 4.78 is 0. The number of aromatic nitrogens is 1. The van der Waals surface area contributed by atoms with E-state index in [0.29, 0.717) is 5.92 Å². The number of carbonyl (C=O) groups is 1. The summed E-state index contributed by atoms with van der Waals surface area (Å²) in [6.07, 6.45) is 5.65. The Bertz CT molecular complexity index is 361. The van der Waals surface area contributed by atoms with E-state index in [1.165, 1.54) is 0 Å². The first-order valence-corrected chi connectivity index (χ1v) is 5.73. The molecule has 1 rings (SSSR count). The third-order valence-electron chi connectivity index (χ3n) is 2.74. The van der Waals surface area contributed by atoms with Crippen molar-refractivity contribution < 1.29 is 4.79 Å². The van der Waals surface area contributed by atoms with Crippen LogP contribution in [0.2, 0.25) is 0 Å². The molecule has 0 N–H and O–H groups in total. The second kappa shape index (κ2) is 5.64. The Balaban J connectivity index is 3.05. The molecule has 1 unspecified atom stereocenters. The van der Waals surface area contributed by atoms with Gasteiger partial charge < -0.3 is 4.90 Å². The quantitative estimate of drug-likeness (QED) is 0.781. The molecule has 3 heteroatoms. The Morgan fingerprint density at radius 3 is 2.75 bits per heavy atom. The number of rotatable bonds is 4. The van der Waals surface area contributed by atoms with Gasteiger partial charge in [0.2, 0.25) is 0 Å². The molecule has 0 fully saturated rings. The minimum atomic E-state index is 0.0334. The Labute approximate surface area is 97.5 Å². The Morgan fingerprint density at radius 1 is 1.50 bits per heavy atom. The highest BCUT2D eigenvalue weighted by atomic mass is 16.2. The highest BCUT2D eigenvalue weighted by Gasteiger charge is 2.16. The van der Waals surface area contributed by atoms with Gasteiger partial charge in [-0.25, -0.2) is 0 Å². The van der Waals surface area contributed by atoms with Crippen LogP contribution in [0.25, 0.3) is 0 Å². The smallest absolute Gasteiger partial charge is 0.255 e. The zero-order valence-corrected chi connectivity index (χ0v) is 10.5. The van der Waals surface area contributed by atoms with Crippen molar-refractivity contribution >= 4 is 5.91 Å². The van der Waals surface area contributed by atoms with Crippen LogP contribution in [-0.2, 0) is 0 Å². The van der Waals surface area contributed by atoms with E-state index in [1.54, 1.807) is 31.4 Å². The van der Waals surface area contributed by atoms with Gasteiger partial charge in [-0.2, -0.15) is 0 Å². The van der Waals surface area contributed by atoms with Crippen molar-refractivity contribution in [2.24, 2.45) is 0 Å². The topological polar surface area (TPSA) is 33.2 Å². The fraction of sp³-hybridized carbons (Fsp3) is 0.538. The molecule has 0 spiro atoms. The highest BCUT2D eigenvalue weighted by molar-refractivity contribution is 5.95. The maximum Gasteiger partial charge on any atom is 0.255 e. The fourth-order valence-electron chi connectivity index (χ4n) is 1.84. The van der Waals surface area contributed by atoms with Crippen LogP contribution in [0.3, 0.4) is 0 Å². The normalized spacial score (nSPS) is 12.2. The van der Waals surface area contributed by atoms with Crippen LogP contribution in [0.15, 0.2) is 18.5 Å². The van der Waals surface area contributed by atoms with Gasteiger partial charge in [-0.15, -0.1) is 0 Å². The van der Waals surface area contributed by atoms with Crippen LogP contribution in [0.5, 0.6) is 0 Å². The van der Waals surface area contributed by atoms with Crippen LogP contribution >= 0.6 is 0 Å². The zero-order valence-electron chi connectivity index (χ0n) is 10.5. The summed E-state index contributed by atoms with van der Waals surface area (Å²) >= 11 is 0. The minimum Gasteiger partial charge on any atom is -0.345 e. The van der Waals surface area contributed by atoms with E-state index in [2.05, 4.69) is 18.8 Å². The molecule has 0 bridgehead atoms. The lowest BCUT2D eigenvalue weighted by Gasteiger charge is -2.17. The number of pyridine rings is 1. The number of carbonyl (C=O) groups excluding carboxylic acids is 1. The Hall–Kier alpha value is -1.38. The molecule has 1 aromatic rings. The summed E-state index contributed by atoms with van der Waals surface area (Å²) in [6, 6.07) is 1.96. The molecule has 3 nitrogen and oxygen atoms in total. The largest absolute Gasteiger partial charge is 0.345 e. The van der Waals surface area contributed by atoms with Gasteiger partial charge in [0.05, 0.1) is 5.56 Å². The van der Waals surface area contributed by atoms with Gasteiger partial charge in [-0.05, 0) is 24.0 Å². The minimum absolute atomic E-state index is 0.0334. The molecule has 0 aliphatic carbocycles. The van der Waals surface area contributed by atoms with Crippen molar-refractivity contribution in [3.05, 3.63) is 29.6 Å². The van der Waals surface area contributed by atoms with Gasteiger partial charge in [-0.3, -0.25) is 9.78 Å². The van der Waals surface area contributed by atoms with Crippen molar-refractivity contribution in [1.82, 2.24) is 9.88 Å². The van der Waals surface area contributed by atoms with Gasteiger partial charge in [0.15, 0.2) is 0 Å². The van der Waals surface area contributed by atoms with E-state index >= 15 is 0 Å². The predicted molar refractivity (Wildman–Crippen MR) is 65.6 cm³/mol. The number of hydrogen-bond donors (Lipinski definition) is 0. The summed E-state index contributed by atoms with van der Waals surface area (Å²) in [5.41, 5.74) is 1.84. The monoisotopic (exact) mass is 220 g/mol. The van der Waals surface area contributed by atoms with E-state index in [0.717, 1.165) is 24.0 Å². The van der Waals surface area contributed by atoms with Crippen molar-refractivity contribution in [2.75, 3.05) is 14.1 Å². The van der Waals surface area contributed by atoms with Gasteiger partial charge >= 0.3 is 0 Å². The van der Waals surface area contributed by atoms with Crippen LogP contribution in [0.4, 0.5) is 0 Å². The molecular weight excluding hydrogens is 200 g/mol. The Kier molecular flexibility index (Phi) is 4.47. The highest BCUT2D eigenvalue weighted by Crippen LogP contribution is 2.23. The SMILES string of the molecule is CCCC(C)c1ccncc1C(=O)N(C)C. The summed E-state index contributed by atoms with van der Waals surface area (Å²) in [5, 5.41) is 0. The number of nitrogens with zero attached hydrogens (tertiary/aromatic N) is 2. The van der Waals surface area contributed by atoms with Crippen LogP contribution in [0, 0.1) is 0 Å². The second-order valence-corrected chi connectivity index (χ2v) is 4.35. The van der Waals surface area contributed by atoms with Crippen molar-refractivity contribution in [3.8, 4) is 0 Å². The standard InChI is InChI=1S/C13H20N2O/c1-5-6-10(2)11-7-8-14-9-12(11)13(16)15(3)4/h7-10H,5-6H2,1-4H3. The molecule has 0 radical (unpaired) electrons. The number of amides is 1. The first kappa shape index (κ1) is 12.7. The van der Waals surface area contributed by atoms with E-state index < -0.39 is 0 Å². The zero-order chi connectivity index (χ0) is 12.1. The summed E-state index contributed by atoms with van der Waals surface area (Å²) in [7, 11) is 3.53. The molecule has 1 heterocycles. The molecule has 1 aromatic heterocycles. The lowest BCUT2D eigenvalue weighted by atomic mass is 9.93. The molecule has 1 atom stereocenters. The summed E-state index contributed by atoms with van der Waals surface area (Å²) in [4.78, 5) is 17.6. The molecule has 1 amide bonds. The third kappa shape index (κ3) is 2.81. The van der Waals surface area contributed by atoms with Gasteiger partial charge in [0.1, 0.15) is 0 Å². The molecule has 16 heavy (non-hydrogen) atoms. The predicted octanol–water partition coefficient (Wildman–Crippen LogP) is 2.69. The maximum absolute atomic E-state index is 12.0. The molecule has 0 aliphatic rings. The first-order valence-electron chi connectivity index (χ1n) is 5.73. The molecule has 0 aliphatic heterocycles. The van der Waals surface area contributed by atoms with Gasteiger partial charge in [0, 0.05) is 26.5 Å². The molecule has 88 valence electrons. The van der Waals surface area contributed by atoms with Crippen molar-refractivity contribution in [2.45, 2.75) is 32.6 Å². The Morgan fingerprint density at radius 2 is 2.19 bits per heavy atom. The van der Waals surface area contributed by atoms with E-state index in [-0.39, 0.29) is 5.91 Å².